The summed E-state index contributed by atoms with van der Waals surface area (Å²) >= 11 is 6.38. The molecule has 0 spiro atoms. The zero-order valence-corrected chi connectivity index (χ0v) is 16.4. The number of fused-ring (bicyclic) bond motifs is 1. The number of aliphatic hydroxyl groups is 1. The minimum absolute atomic E-state index is 0.0915. The van der Waals surface area contributed by atoms with Crippen LogP contribution in [0.1, 0.15) is 28.7 Å². The van der Waals surface area contributed by atoms with E-state index in [0.29, 0.717) is 10.8 Å². The molecule has 29 heavy (non-hydrogen) atoms. The normalized spacial score (nSPS) is 17.5. The number of hydrogen-bond acceptors (Lipinski definition) is 3. The first kappa shape index (κ1) is 19.4. The second-order valence-corrected chi connectivity index (χ2v) is 7.31. The molecule has 148 valence electrons. The molecule has 2 atom stereocenters. The van der Waals surface area contributed by atoms with E-state index >= 15 is 0 Å². The summed E-state index contributed by atoms with van der Waals surface area (Å²) in [6, 6.07) is 16.9. The van der Waals surface area contributed by atoms with E-state index in [0.717, 1.165) is 27.8 Å². The predicted octanol–water partition coefficient (Wildman–Crippen LogP) is 4.60. The standard InChI is InChI=1S/C23H19ClFNO3/c1-26-23(28)21-18-11-15(17-10-13(12-27)2-8-19(17)24)5-9-20(18)29-22(21)14-3-6-16(25)7-4-14/h2-11,21-22,27H,12H2,1H3,(H,26,28). The smallest absolute Gasteiger partial charge is 0.231 e. The number of hydrogen-bond donors (Lipinski definition) is 2. The third kappa shape index (κ3) is 3.59. The number of likely N-dealkylation sites (N-methyl/N-ethyl adjacent to an activating group) is 1. The number of ether oxygens (including phenoxy) is 1. The van der Waals surface area contributed by atoms with E-state index in [4.69, 9.17) is 16.3 Å². The lowest BCUT2D eigenvalue weighted by Gasteiger charge is -2.18. The van der Waals surface area contributed by atoms with Crippen LogP contribution in [-0.4, -0.2) is 18.1 Å². The maximum absolute atomic E-state index is 13.3. The molecule has 0 aliphatic carbocycles. The molecule has 1 aliphatic rings. The van der Waals surface area contributed by atoms with Gasteiger partial charge in [0.2, 0.25) is 5.91 Å². The Morgan fingerprint density at radius 2 is 1.90 bits per heavy atom. The Labute approximate surface area is 172 Å². The fraction of sp³-hybridized carbons (Fsp3) is 0.174. The van der Waals surface area contributed by atoms with Crippen LogP contribution >= 0.6 is 11.6 Å². The van der Waals surface area contributed by atoms with Gasteiger partial charge in [-0.05, 0) is 53.1 Å². The van der Waals surface area contributed by atoms with Crippen LogP contribution < -0.4 is 10.1 Å². The molecule has 0 bridgehead atoms. The summed E-state index contributed by atoms with van der Waals surface area (Å²) in [4.78, 5) is 12.7. The average Bonchev–Trinajstić information content (AvgIpc) is 3.12. The van der Waals surface area contributed by atoms with Gasteiger partial charge in [0, 0.05) is 23.2 Å². The third-order valence-electron chi connectivity index (χ3n) is 5.15. The van der Waals surface area contributed by atoms with Crippen molar-refractivity contribution in [3.63, 3.8) is 0 Å². The molecule has 2 unspecified atom stereocenters. The average molecular weight is 412 g/mol. The molecule has 6 heteroatoms. The molecule has 0 aromatic heterocycles. The van der Waals surface area contributed by atoms with Crippen LogP contribution in [0, 0.1) is 5.82 Å². The van der Waals surface area contributed by atoms with Crippen molar-refractivity contribution < 1.29 is 19.0 Å². The number of carbonyl (C=O) groups excluding carboxylic acids is 1. The Morgan fingerprint density at radius 3 is 2.59 bits per heavy atom. The maximum Gasteiger partial charge on any atom is 0.231 e. The quantitative estimate of drug-likeness (QED) is 0.659. The van der Waals surface area contributed by atoms with Gasteiger partial charge in [-0.1, -0.05) is 35.9 Å². The van der Waals surface area contributed by atoms with E-state index in [9.17, 15) is 14.3 Å². The van der Waals surface area contributed by atoms with E-state index < -0.39 is 12.0 Å². The van der Waals surface area contributed by atoms with E-state index in [1.165, 1.54) is 12.1 Å². The second kappa shape index (κ2) is 7.85. The highest BCUT2D eigenvalue weighted by molar-refractivity contribution is 6.33. The summed E-state index contributed by atoms with van der Waals surface area (Å²) in [5.74, 6) is -0.516. The first-order chi connectivity index (χ1) is 14.0. The highest BCUT2D eigenvalue weighted by Gasteiger charge is 2.40. The lowest BCUT2D eigenvalue weighted by Crippen LogP contribution is -2.28. The van der Waals surface area contributed by atoms with Crippen LogP contribution in [0.2, 0.25) is 5.02 Å². The number of rotatable bonds is 4. The Balaban J connectivity index is 1.79. The molecule has 1 aliphatic heterocycles. The molecule has 4 nitrogen and oxygen atoms in total. The highest BCUT2D eigenvalue weighted by atomic mass is 35.5. The maximum atomic E-state index is 13.3. The summed E-state index contributed by atoms with van der Waals surface area (Å²) in [6.45, 7) is -0.0915. The van der Waals surface area contributed by atoms with E-state index in [1.54, 1.807) is 31.3 Å². The predicted molar refractivity (Wildman–Crippen MR) is 109 cm³/mol. The summed E-state index contributed by atoms with van der Waals surface area (Å²) in [5.41, 5.74) is 3.79. The van der Waals surface area contributed by atoms with Crippen molar-refractivity contribution in [2.45, 2.75) is 18.6 Å². The second-order valence-electron chi connectivity index (χ2n) is 6.91. The third-order valence-corrected chi connectivity index (χ3v) is 5.48. The van der Waals surface area contributed by atoms with E-state index in [2.05, 4.69) is 5.32 Å². The Bertz CT molecular complexity index is 1070. The number of amides is 1. The number of nitrogens with one attached hydrogen (secondary N) is 1. The molecular formula is C23H19ClFNO3. The molecular weight excluding hydrogens is 393 g/mol. The molecule has 3 aromatic rings. The summed E-state index contributed by atoms with van der Waals surface area (Å²) < 4.78 is 19.4. The molecule has 4 rings (SSSR count). The number of benzene rings is 3. The zero-order valence-electron chi connectivity index (χ0n) is 15.7. The molecule has 1 amide bonds. The summed E-state index contributed by atoms with van der Waals surface area (Å²) in [6.07, 6.45) is -0.556. The van der Waals surface area contributed by atoms with Crippen LogP contribution in [0.25, 0.3) is 11.1 Å². The summed E-state index contributed by atoms with van der Waals surface area (Å²) in [7, 11) is 1.58. The van der Waals surface area contributed by atoms with Crippen LogP contribution in [0.4, 0.5) is 4.39 Å². The Hall–Kier alpha value is -2.89. The van der Waals surface area contributed by atoms with Crippen molar-refractivity contribution in [3.8, 4) is 16.9 Å². The van der Waals surface area contributed by atoms with Crippen molar-refractivity contribution in [2.75, 3.05) is 7.05 Å². The van der Waals surface area contributed by atoms with Gasteiger partial charge >= 0.3 is 0 Å². The zero-order chi connectivity index (χ0) is 20.5. The van der Waals surface area contributed by atoms with Crippen molar-refractivity contribution in [1.82, 2.24) is 5.32 Å². The van der Waals surface area contributed by atoms with Gasteiger partial charge in [-0.15, -0.1) is 0 Å². The fourth-order valence-electron chi connectivity index (χ4n) is 3.67. The fourth-order valence-corrected chi connectivity index (χ4v) is 3.90. The molecule has 0 saturated carbocycles. The SMILES string of the molecule is CNC(=O)C1c2cc(-c3cc(CO)ccc3Cl)ccc2OC1c1ccc(F)cc1. The molecule has 2 N–H and O–H groups in total. The van der Waals surface area contributed by atoms with Gasteiger partial charge in [-0.2, -0.15) is 0 Å². The van der Waals surface area contributed by atoms with E-state index in [1.807, 2.05) is 24.3 Å². The first-order valence-corrected chi connectivity index (χ1v) is 9.57. The van der Waals surface area contributed by atoms with Crippen LogP contribution in [-0.2, 0) is 11.4 Å². The van der Waals surface area contributed by atoms with Crippen LogP contribution in [0.5, 0.6) is 5.75 Å². The minimum atomic E-state index is -0.583. The van der Waals surface area contributed by atoms with Gasteiger partial charge in [-0.3, -0.25) is 4.79 Å². The lowest BCUT2D eigenvalue weighted by molar-refractivity contribution is -0.123. The molecule has 3 aromatic carbocycles. The summed E-state index contributed by atoms with van der Waals surface area (Å²) in [5, 5.41) is 12.7. The van der Waals surface area contributed by atoms with Gasteiger partial charge < -0.3 is 15.2 Å². The van der Waals surface area contributed by atoms with Crippen molar-refractivity contribution >= 4 is 17.5 Å². The van der Waals surface area contributed by atoms with Crippen molar-refractivity contribution in [1.29, 1.82) is 0 Å². The van der Waals surface area contributed by atoms with Crippen molar-refractivity contribution in [2.24, 2.45) is 0 Å². The Kier molecular flexibility index (Phi) is 5.26. The van der Waals surface area contributed by atoms with Crippen molar-refractivity contribution in [3.05, 3.63) is 88.2 Å². The largest absolute Gasteiger partial charge is 0.484 e. The molecule has 0 radical (unpaired) electrons. The van der Waals surface area contributed by atoms with Gasteiger partial charge in [0.15, 0.2) is 0 Å². The number of aliphatic hydroxyl groups excluding tert-OH is 1. The monoisotopic (exact) mass is 411 g/mol. The van der Waals surface area contributed by atoms with Gasteiger partial charge in [0.25, 0.3) is 0 Å². The Morgan fingerprint density at radius 1 is 1.14 bits per heavy atom. The van der Waals surface area contributed by atoms with Crippen LogP contribution in [0.3, 0.4) is 0 Å². The lowest BCUT2D eigenvalue weighted by atomic mass is 9.88. The van der Waals surface area contributed by atoms with E-state index in [-0.39, 0.29) is 18.3 Å². The molecule has 0 fully saturated rings. The molecule has 1 heterocycles. The molecule has 0 saturated heterocycles. The number of halogens is 2. The van der Waals surface area contributed by atoms with Gasteiger partial charge in [0.1, 0.15) is 23.6 Å². The van der Waals surface area contributed by atoms with Gasteiger partial charge in [-0.25, -0.2) is 4.39 Å². The van der Waals surface area contributed by atoms with Crippen LogP contribution in [0.15, 0.2) is 60.7 Å². The number of carbonyl (C=O) groups is 1. The minimum Gasteiger partial charge on any atom is -0.484 e. The first-order valence-electron chi connectivity index (χ1n) is 9.19. The van der Waals surface area contributed by atoms with Gasteiger partial charge in [0.05, 0.1) is 6.61 Å². The topological polar surface area (TPSA) is 58.6 Å². The highest BCUT2D eigenvalue weighted by Crippen LogP contribution is 2.48.